The molecule has 1 unspecified atom stereocenters. The molecule has 168 valence electrons. The van der Waals surface area contributed by atoms with E-state index in [1.807, 2.05) is 37.6 Å². The van der Waals surface area contributed by atoms with Gasteiger partial charge in [0.1, 0.15) is 17.1 Å². The van der Waals surface area contributed by atoms with E-state index in [0.29, 0.717) is 25.2 Å². The van der Waals surface area contributed by atoms with Gasteiger partial charge in [0.25, 0.3) is 0 Å². The molecule has 0 aliphatic carbocycles. The Morgan fingerprint density at radius 2 is 1.84 bits per heavy atom. The number of carbonyl (C=O) groups excluding carboxylic acids is 1. The number of aromatic nitrogens is 3. The molecule has 1 amide bonds. The molecule has 0 bridgehead atoms. The second-order valence-corrected chi connectivity index (χ2v) is 8.88. The first-order chi connectivity index (χ1) is 15.3. The van der Waals surface area contributed by atoms with Gasteiger partial charge in [0.05, 0.1) is 18.3 Å². The summed E-state index contributed by atoms with van der Waals surface area (Å²) < 4.78 is 21.1. The molecule has 7 nitrogen and oxygen atoms in total. The van der Waals surface area contributed by atoms with Crippen molar-refractivity contribution in [3.63, 3.8) is 0 Å². The third-order valence-electron chi connectivity index (χ3n) is 5.33. The number of carbonyl (C=O) groups is 1. The lowest BCUT2D eigenvalue weighted by molar-refractivity contribution is 0.0147. The first kappa shape index (κ1) is 22.0. The van der Waals surface area contributed by atoms with Crippen LogP contribution in [0.2, 0.25) is 0 Å². The van der Waals surface area contributed by atoms with Crippen molar-refractivity contribution < 1.29 is 19.0 Å². The van der Waals surface area contributed by atoms with Crippen molar-refractivity contribution in [3.8, 4) is 22.4 Å². The van der Waals surface area contributed by atoms with Crippen LogP contribution in [0.15, 0.2) is 48.8 Å². The van der Waals surface area contributed by atoms with Gasteiger partial charge in [-0.2, -0.15) is 5.10 Å². The average Bonchev–Trinajstić information content (AvgIpc) is 3.13. The van der Waals surface area contributed by atoms with E-state index in [1.165, 1.54) is 12.1 Å². The normalized spacial score (nSPS) is 16.0. The molecule has 3 heterocycles. The number of aliphatic hydroxyl groups excluding tert-OH is 1. The van der Waals surface area contributed by atoms with Gasteiger partial charge in [0.2, 0.25) is 0 Å². The van der Waals surface area contributed by atoms with E-state index in [9.17, 15) is 14.3 Å². The molecule has 2 aromatic heterocycles. The number of aliphatic hydroxyl groups is 1. The van der Waals surface area contributed by atoms with Crippen molar-refractivity contribution in [1.29, 1.82) is 0 Å². The molecule has 32 heavy (non-hydrogen) atoms. The molecule has 1 atom stereocenters. The van der Waals surface area contributed by atoms with Crippen LogP contribution in [-0.4, -0.2) is 49.6 Å². The minimum Gasteiger partial charge on any atom is -0.444 e. The van der Waals surface area contributed by atoms with Crippen molar-refractivity contribution in [2.45, 2.75) is 45.4 Å². The summed E-state index contributed by atoms with van der Waals surface area (Å²) in [6.07, 6.45) is 3.44. The Balaban J connectivity index is 1.85. The summed E-state index contributed by atoms with van der Waals surface area (Å²) in [4.78, 5) is 18.7. The van der Waals surface area contributed by atoms with Gasteiger partial charge in [-0.25, -0.2) is 9.18 Å². The minimum atomic E-state index is -0.617. The fourth-order valence-electron chi connectivity index (χ4n) is 3.96. The van der Waals surface area contributed by atoms with Crippen LogP contribution in [0.25, 0.3) is 22.4 Å². The predicted molar refractivity (Wildman–Crippen MR) is 118 cm³/mol. The molecule has 1 aromatic carbocycles. The Morgan fingerprint density at radius 1 is 1.16 bits per heavy atom. The second kappa shape index (κ2) is 8.70. The largest absolute Gasteiger partial charge is 0.444 e. The van der Waals surface area contributed by atoms with Crippen LogP contribution in [0.3, 0.4) is 0 Å². The van der Waals surface area contributed by atoms with Crippen LogP contribution < -0.4 is 0 Å². The van der Waals surface area contributed by atoms with E-state index >= 15 is 0 Å². The molecule has 1 aliphatic heterocycles. The summed E-state index contributed by atoms with van der Waals surface area (Å²) in [5, 5.41) is 14.5. The molecule has 4 rings (SSSR count). The number of ether oxygens (including phenoxy) is 1. The molecular weight excluding hydrogens is 411 g/mol. The highest BCUT2D eigenvalue weighted by atomic mass is 19.1. The number of amides is 1. The van der Waals surface area contributed by atoms with Gasteiger partial charge in [0, 0.05) is 36.7 Å². The van der Waals surface area contributed by atoms with E-state index in [2.05, 4.69) is 4.98 Å². The number of halogens is 1. The fraction of sp³-hybridized carbons (Fsp3) is 0.375. The highest BCUT2D eigenvalue weighted by Crippen LogP contribution is 2.39. The second-order valence-electron chi connectivity index (χ2n) is 8.88. The smallest absolute Gasteiger partial charge is 0.410 e. The van der Waals surface area contributed by atoms with Crippen LogP contribution >= 0.6 is 0 Å². The lowest BCUT2D eigenvalue weighted by atomic mass is 9.98. The summed E-state index contributed by atoms with van der Waals surface area (Å²) in [6, 6.07) is 9.76. The number of benzene rings is 1. The number of fused-ring (bicyclic) bond motifs is 1. The van der Waals surface area contributed by atoms with Crippen LogP contribution in [-0.2, 0) is 11.3 Å². The first-order valence-corrected chi connectivity index (χ1v) is 10.6. The van der Waals surface area contributed by atoms with Crippen molar-refractivity contribution in [2.75, 3.05) is 13.2 Å². The molecule has 0 radical (unpaired) electrons. The summed E-state index contributed by atoms with van der Waals surface area (Å²) in [5.74, 6) is -0.322. The van der Waals surface area contributed by atoms with E-state index < -0.39 is 11.7 Å². The fourth-order valence-corrected chi connectivity index (χ4v) is 3.96. The van der Waals surface area contributed by atoms with Gasteiger partial charge < -0.3 is 14.7 Å². The maximum absolute atomic E-state index is 13.6. The van der Waals surface area contributed by atoms with E-state index in [-0.39, 0.29) is 18.5 Å². The van der Waals surface area contributed by atoms with Gasteiger partial charge in [-0.15, -0.1) is 0 Å². The molecule has 0 saturated heterocycles. The quantitative estimate of drug-likeness (QED) is 0.652. The maximum atomic E-state index is 13.6. The van der Waals surface area contributed by atoms with Gasteiger partial charge in [0.15, 0.2) is 0 Å². The van der Waals surface area contributed by atoms with Gasteiger partial charge in [-0.1, -0.05) is 0 Å². The topological polar surface area (TPSA) is 80.5 Å². The highest BCUT2D eigenvalue weighted by Gasteiger charge is 2.35. The number of hydrogen-bond donors (Lipinski definition) is 1. The molecule has 1 N–H and O–H groups in total. The van der Waals surface area contributed by atoms with Crippen LogP contribution in [0.1, 0.15) is 38.9 Å². The summed E-state index contributed by atoms with van der Waals surface area (Å²) in [5.41, 5.74) is 3.44. The predicted octanol–water partition coefficient (Wildman–Crippen LogP) is 4.43. The minimum absolute atomic E-state index is 0.0391. The van der Waals surface area contributed by atoms with Crippen molar-refractivity contribution in [3.05, 3.63) is 60.3 Å². The number of rotatable bonds is 4. The Bertz CT molecular complexity index is 1090. The number of pyridine rings is 1. The number of hydrogen-bond acceptors (Lipinski definition) is 5. The van der Waals surface area contributed by atoms with E-state index in [1.54, 1.807) is 29.4 Å². The monoisotopic (exact) mass is 438 g/mol. The molecular formula is C24H27FN4O3. The standard InChI is InChI=1S/C24H27FN4O3/c1-24(2,3)32-23(31)28-14-19(10-13-30)29-20(15-28)21(16-8-11-26-12-9-16)22(27-29)17-4-6-18(25)7-5-17/h4-9,11-12,19,30H,10,13-15H2,1-3H3. The van der Waals surface area contributed by atoms with Crippen LogP contribution in [0.5, 0.6) is 0 Å². The molecule has 0 spiro atoms. The molecule has 3 aromatic rings. The van der Waals surface area contributed by atoms with Crippen molar-refractivity contribution in [1.82, 2.24) is 19.7 Å². The average molecular weight is 439 g/mol. The van der Waals surface area contributed by atoms with Crippen LogP contribution in [0, 0.1) is 5.82 Å². The van der Waals surface area contributed by atoms with Crippen LogP contribution in [0.4, 0.5) is 9.18 Å². The highest BCUT2D eigenvalue weighted by molar-refractivity contribution is 5.83. The maximum Gasteiger partial charge on any atom is 0.410 e. The Labute approximate surface area is 186 Å². The van der Waals surface area contributed by atoms with Gasteiger partial charge in [-0.05, 0) is 69.2 Å². The lowest BCUT2D eigenvalue weighted by Gasteiger charge is -2.35. The van der Waals surface area contributed by atoms with Gasteiger partial charge in [-0.3, -0.25) is 9.67 Å². The molecule has 1 aliphatic rings. The molecule has 0 saturated carbocycles. The lowest BCUT2D eigenvalue weighted by Crippen LogP contribution is -2.44. The summed E-state index contributed by atoms with van der Waals surface area (Å²) in [6.45, 7) is 6.14. The Kier molecular flexibility index (Phi) is 5.97. The third-order valence-corrected chi connectivity index (χ3v) is 5.33. The first-order valence-electron chi connectivity index (χ1n) is 10.6. The SMILES string of the molecule is CC(C)(C)OC(=O)N1Cc2c(-c3ccncc3)c(-c3ccc(F)cc3)nn2C(CCO)C1. The number of nitrogens with zero attached hydrogens (tertiary/aromatic N) is 4. The summed E-state index contributed by atoms with van der Waals surface area (Å²) in [7, 11) is 0. The third kappa shape index (κ3) is 4.50. The zero-order chi connectivity index (χ0) is 22.9. The van der Waals surface area contributed by atoms with Crippen molar-refractivity contribution in [2.24, 2.45) is 0 Å². The van der Waals surface area contributed by atoms with E-state index in [0.717, 1.165) is 22.4 Å². The molecule has 0 fully saturated rings. The molecule has 8 heteroatoms. The Hall–Kier alpha value is -3.26. The zero-order valence-corrected chi connectivity index (χ0v) is 18.5. The van der Waals surface area contributed by atoms with Gasteiger partial charge >= 0.3 is 6.09 Å². The zero-order valence-electron chi connectivity index (χ0n) is 18.5. The summed E-state index contributed by atoms with van der Waals surface area (Å²) >= 11 is 0. The van der Waals surface area contributed by atoms with E-state index in [4.69, 9.17) is 9.84 Å². The van der Waals surface area contributed by atoms with Crippen molar-refractivity contribution >= 4 is 6.09 Å². The Morgan fingerprint density at radius 3 is 2.47 bits per heavy atom.